The van der Waals surface area contributed by atoms with Gasteiger partial charge in [0.15, 0.2) is 0 Å². The molecule has 0 spiro atoms. The molecule has 2 aromatic carbocycles. The molecule has 19 heavy (non-hydrogen) atoms. The van der Waals surface area contributed by atoms with Crippen LogP contribution in [-0.4, -0.2) is 6.54 Å². The molecule has 0 amide bonds. The van der Waals surface area contributed by atoms with E-state index in [1.165, 1.54) is 16.8 Å². The summed E-state index contributed by atoms with van der Waals surface area (Å²) in [5.41, 5.74) is 10.4. The number of hydrogen-bond acceptors (Lipinski definition) is 2. The van der Waals surface area contributed by atoms with Crippen molar-refractivity contribution >= 4 is 27.3 Å². The van der Waals surface area contributed by atoms with E-state index in [9.17, 15) is 0 Å². The van der Waals surface area contributed by atoms with E-state index < -0.39 is 0 Å². The zero-order chi connectivity index (χ0) is 13.8. The van der Waals surface area contributed by atoms with Crippen LogP contribution in [0.3, 0.4) is 0 Å². The van der Waals surface area contributed by atoms with E-state index in [1.807, 2.05) is 12.1 Å². The maximum Gasteiger partial charge on any atom is 0.0440 e. The van der Waals surface area contributed by atoms with Gasteiger partial charge in [-0.25, -0.2) is 0 Å². The molecule has 0 heterocycles. The van der Waals surface area contributed by atoms with Crippen LogP contribution in [0.5, 0.6) is 0 Å². The van der Waals surface area contributed by atoms with Gasteiger partial charge in [0, 0.05) is 28.9 Å². The molecule has 0 fully saturated rings. The number of aryl methyl sites for hydroxylation is 1. The average Bonchev–Trinajstić information content (AvgIpc) is 2.39. The third-order valence-corrected chi connectivity index (χ3v) is 4.01. The molecule has 0 atom stereocenters. The highest BCUT2D eigenvalue weighted by atomic mass is 79.9. The van der Waals surface area contributed by atoms with Crippen LogP contribution < -0.4 is 10.6 Å². The Labute approximate surface area is 123 Å². The largest absolute Gasteiger partial charge is 0.399 e. The van der Waals surface area contributed by atoms with Crippen LogP contribution in [-0.2, 0) is 6.54 Å². The Kier molecular flexibility index (Phi) is 4.48. The van der Waals surface area contributed by atoms with Crippen molar-refractivity contribution in [2.45, 2.75) is 20.4 Å². The van der Waals surface area contributed by atoms with Crippen molar-refractivity contribution < 1.29 is 0 Å². The first kappa shape index (κ1) is 13.9. The maximum absolute atomic E-state index is 5.78. The quantitative estimate of drug-likeness (QED) is 0.848. The topological polar surface area (TPSA) is 29.3 Å². The molecule has 0 aliphatic carbocycles. The molecular formula is C16H19BrN2. The first-order valence-electron chi connectivity index (χ1n) is 6.46. The maximum atomic E-state index is 5.78. The minimum absolute atomic E-state index is 0.787. The van der Waals surface area contributed by atoms with E-state index in [1.54, 1.807) is 0 Å². The number of anilines is 2. The van der Waals surface area contributed by atoms with Gasteiger partial charge in [-0.1, -0.05) is 40.2 Å². The zero-order valence-corrected chi connectivity index (χ0v) is 12.9. The first-order valence-corrected chi connectivity index (χ1v) is 7.25. The number of nitrogens with zero attached hydrogens (tertiary/aromatic N) is 1. The molecule has 100 valence electrons. The van der Waals surface area contributed by atoms with Crippen LogP contribution in [0.4, 0.5) is 11.4 Å². The first-order chi connectivity index (χ1) is 9.11. The summed E-state index contributed by atoms with van der Waals surface area (Å²) < 4.78 is 1.07. The van der Waals surface area contributed by atoms with Crippen LogP contribution in [0.1, 0.15) is 18.1 Å². The van der Waals surface area contributed by atoms with E-state index in [-0.39, 0.29) is 0 Å². The van der Waals surface area contributed by atoms with Crippen LogP contribution in [0, 0.1) is 6.92 Å². The molecule has 2 rings (SSSR count). The zero-order valence-electron chi connectivity index (χ0n) is 11.4. The van der Waals surface area contributed by atoms with Gasteiger partial charge in [0.1, 0.15) is 0 Å². The van der Waals surface area contributed by atoms with Crippen molar-refractivity contribution in [1.29, 1.82) is 0 Å². The molecule has 2 N–H and O–H groups in total. The Hall–Kier alpha value is -1.48. The number of nitrogens with two attached hydrogens (primary N) is 1. The van der Waals surface area contributed by atoms with Crippen molar-refractivity contribution in [3.63, 3.8) is 0 Å². The minimum Gasteiger partial charge on any atom is -0.399 e. The number of nitrogen functional groups attached to an aromatic ring is 1. The Balaban J connectivity index is 2.27. The van der Waals surface area contributed by atoms with Gasteiger partial charge in [-0.15, -0.1) is 0 Å². The number of rotatable bonds is 4. The van der Waals surface area contributed by atoms with E-state index in [4.69, 9.17) is 5.73 Å². The highest BCUT2D eigenvalue weighted by Gasteiger charge is 2.09. The summed E-state index contributed by atoms with van der Waals surface area (Å²) in [5.74, 6) is 0. The van der Waals surface area contributed by atoms with Gasteiger partial charge >= 0.3 is 0 Å². The molecule has 0 saturated heterocycles. The number of para-hydroxylation sites is 1. The van der Waals surface area contributed by atoms with Crippen molar-refractivity contribution in [2.75, 3.05) is 17.2 Å². The molecular weight excluding hydrogens is 300 g/mol. The van der Waals surface area contributed by atoms with Crippen LogP contribution in [0.25, 0.3) is 0 Å². The fourth-order valence-electron chi connectivity index (χ4n) is 2.18. The van der Waals surface area contributed by atoms with Gasteiger partial charge in [0.05, 0.1) is 0 Å². The summed E-state index contributed by atoms with van der Waals surface area (Å²) >= 11 is 3.59. The number of benzene rings is 2. The van der Waals surface area contributed by atoms with Crippen molar-refractivity contribution in [1.82, 2.24) is 0 Å². The van der Waals surface area contributed by atoms with E-state index in [0.717, 1.165) is 23.2 Å². The summed E-state index contributed by atoms with van der Waals surface area (Å²) in [6.07, 6.45) is 0. The lowest BCUT2D eigenvalue weighted by molar-refractivity contribution is 0.825. The van der Waals surface area contributed by atoms with Crippen LogP contribution >= 0.6 is 15.9 Å². The second-order valence-electron chi connectivity index (χ2n) is 4.65. The Morgan fingerprint density at radius 3 is 2.53 bits per heavy atom. The molecule has 0 bridgehead atoms. The third kappa shape index (κ3) is 3.29. The Morgan fingerprint density at radius 1 is 1.16 bits per heavy atom. The fourth-order valence-corrected chi connectivity index (χ4v) is 2.70. The minimum atomic E-state index is 0.787. The fraction of sp³-hybridized carbons (Fsp3) is 0.250. The summed E-state index contributed by atoms with van der Waals surface area (Å²) in [4.78, 5) is 2.37. The molecule has 2 aromatic rings. The molecule has 0 saturated carbocycles. The summed E-state index contributed by atoms with van der Waals surface area (Å²) in [6.45, 7) is 6.18. The van der Waals surface area contributed by atoms with E-state index in [2.05, 4.69) is 65.0 Å². The summed E-state index contributed by atoms with van der Waals surface area (Å²) in [7, 11) is 0. The lowest BCUT2D eigenvalue weighted by Gasteiger charge is -2.25. The average molecular weight is 319 g/mol. The van der Waals surface area contributed by atoms with E-state index >= 15 is 0 Å². The highest BCUT2D eigenvalue weighted by Crippen LogP contribution is 2.25. The van der Waals surface area contributed by atoms with Gasteiger partial charge in [-0.2, -0.15) is 0 Å². The smallest absolute Gasteiger partial charge is 0.0440 e. The monoisotopic (exact) mass is 318 g/mol. The molecule has 2 nitrogen and oxygen atoms in total. The van der Waals surface area contributed by atoms with Crippen LogP contribution in [0.15, 0.2) is 46.9 Å². The highest BCUT2D eigenvalue weighted by molar-refractivity contribution is 9.10. The predicted molar refractivity (Wildman–Crippen MR) is 86.5 cm³/mol. The van der Waals surface area contributed by atoms with Gasteiger partial charge in [-0.05, 0) is 43.2 Å². The normalized spacial score (nSPS) is 10.5. The van der Waals surface area contributed by atoms with Gasteiger partial charge in [0.25, 0.3) is 0 Å². The third-order valence-electron chi connectivity index (χ3n) is 3.28. The summed E-state index contributed by atoms with van der Waals surface area (Å²) in [6, 6.07) is 14.5. The van der Waals surface area contributed by atoms with Gasteiger partial charge < -0.3 is 10.6 Å². The summed E-state index contributed by atoms with van der Waals surface area (Å²) in [5, 5.41) is 0. The number of halogens is 1. The molecule has 0 aliphatic heterocycles. The van der Waals surface area contributed by atoms with Crippen molar-refractivity contribution in [3.8, 4) is 0 Å². The second-order valence-corrected chi connectivity index (χ2v) is 5.51. The molecule has 0 radical (unpaired) electrons. The lowest BCUT2D eigenvalue weighted by atomic mass is 10.1. The van der Waals surface area contributed by atoms with Gasteiger partial charge in [0.2, 0.25) is 0 Å². The Morgan fingerprint density at radius 2 is 1.89 bits per heavy atom. The van der Waals surface area contributed by atoms with E-state index in [0.29, 0.717) is 0 Å². The molecule has 0 unspecified atom stereocenters. The molecule has 3 heteroatoms. The standard InChI is InChI=1S/C16H19BrN2/c1-3-19(16-7-5-4-6-12(16)2)11-13-8-9-14(18)10-15(13)17/h4-10H,3,11,18H2,1-2H3. The predicted octanol–water partition coefficient (Wildman–Crippen LogP) is 4.37. The van der Waals surface area contributed by atoms with Crippen LogP contribution in [0.2, 0.25) is 0 Å². The molecule has 0 aliphatic rings. The SMILES string of the molecule is CCN(Cc1ccc(N)cc1Br)c1ccccc1C. The second kappa shape index (κ2) is 6.11. The van der Waals surface area contributed by atoms with Gasteiger partial charge in [-0.3, -0.25) is 0 Å². The number of hydrogen-bond donors (Lipinski definition) is 1. The Bertz CT molecular complexity index is 566. The van der Waals surface area contributed by atoms with Crippen molar-refractivity contribution in [2.24, 2.45) is 0 Å². The molecule has 0 aromatic heterocycles. The lowest BCUT2D eigenvalue weighted by Crippen LogP contribution is -2.23. The van der Waals surface area contributed by atoms with Crippen molar-refractivity contribution in [3.05, 3.63) is 58.1 Å².